The topological polar surface area (TPSA) is 9.23 Å². The molecule has 0 aliphatic heterocycles. The molecule has 0 spiro atoms. The van der Waals surface area contributed by atoms with Gasteiger partial charge < -0.3 is 4.74 Å². The Kier molecular flexibility index (Phi) is 5.14. The van der Waals surface area contributed by atoms with Gasteiger partial charge in [-0.1, -0.05) is 36.4 Å². The minimum absolute atomic E-state index is 0.881. The Hall–Kier alpha value is -0.930. The molecular weight excluding hydrogens is 308 g/mol. The number of methoxy groups -OCH3 is 1. The predicted octanol–water partition coefficient (Wildman–Crippen LogP) is 4.89. The van der Waals surface area contributed by atoms with Crippen molar-refractivity contribution >= 4 is 27.7 Å². The smallest absolute Gasteiger partial charge is 0.133 e. The van der Waals surface area contributed by atoms with Crippen LogP contribution in [0.3, 0.4) is 0 Å². The number of thioether (sulfide) groups is 1. The fourth-order valence-corrected chi connectivity index (χ4v) is 3.19. The maximum absolute atomic E-state index is 5.22. The van der Waals surface area contributed by atoms with Gasteiger partial charge in [-0.15, -0.1) is 0 Å². The number of hydrogen-bond donors (Lipinski definition) is 0. The number of ether oxygens (including phenoxy) is 1. The van der Waals surface area contributed by atoms with E-state index < -0.39 is 0 Å². The molecule has 0 aliphatic rings. The number of halogens is 1. The number of benzene rings is 2. The molecule has 0 bridgehead atoms. The summed E-state index contributed by atoms with van der Waals surface area (Å²) in [6, 6.07) is 16.8. The van der Waals surface area contributed by atoms with Crippen molar-refractivity contribution in [3.63, 3.8) is 0 Å². The van der Waals surface area contributed by atoms with E-state index in [4.69, 9.17) is 4.74 Å². The van der Waals surface area contributed by atoms with Crippen molar-refractivity contribution in [2.45, 2.75) is 11.5 Å². The minimum Gasteiger partial charge on any atom is -0.496 e. The van der Waals surface area contributed by atoms with E-state index in [1.54, 1.807) is 7.11 Å². The van der Waals surface area contributed by atoms with Gasteiger partial charge in [-0.2, -0.15) is 11.8 Å². The van der Waals surface area contributed by atoms with Gasteiger partial charge in [0, 0.05) is 11.5 Å². The maximum Gasteiger partial charge on any atom is 0.133 e. The molecule has 18 heavy (non-hydrogen) atoms. The van der Waals surface area contributed by atoms with Gasteiger partial charge >= 0.3 is 0 Å². The molecule has 0 radical (unpaired) electrons. The minimum atomic E-state index is 0.881. The van der Waals surface area contributed by atoms with Crippen LogP contribution in [0.1, 0.15) is 11.1 Å². The Bertz CT molecular complexity index is 499. The van der Waals surface area contributed by atoms with E-state index in [0.29, 0.717) is 0 Å². The summed E-state index contributed by atoms with van der Waals surface area (Å²) in [6.45, 7) is 0. The van der Waals surface area contributed by atoms with Gasteiger partial charge in [-0.3, -0.25) is 0 Å². The fourth-order valence-electron chi connectivity index (χ4n) is 1.66. The highest BCUT2D eigenvalue weighted by Crippen LogP contribution is 2.27. The average molecular weight is 323 g/mol. The molecule has 0 N–H and O–H groups in total. The first kappa shape index (κ1) is 13.5. The van der Waals surface area contributed by atoms with Crippen molar-refractivity contribution in [1.29, 1.82) is 0 Å². The van der Waals surface area contributed by atoms with Crippen molar-refractivity contribution in [2.24, 2.45) is 0 Å². The van der Waals surface area contributed by atoms with Gasteiger partial charge in [-0.05, 0) is 39.2 Å². The molecule has 0 saturated heterocycles. The second-order valence-corrected chi connectivity index (χ2v) is 5.79. The SMILES string of the molecule is COc1ccc(CSCc2ccccc2)cc1Br. The molecule has 2 rings (SSSR count). The van der Waals surface area contributed by atoms with E-state index >= 15 is 0 Å². The van der Waals surface area contributed by atoms with Gasteiger partial charge in [0.1, 0.15) is 5.75 Å². The molecule has 0 amide bonds. The summed E-state index contributed by atoms with van der Waals surface area (Å²) in [5, 5.41) is 0. The van der Waals surface area contributed by atoms with E-state index in [1.165, 1.54) is 11.1 Å². The van der Waals surface area contributed by atoms with Crippen LogP contribution in [0.25, 0.3) is 0 Å². The third kappa shape index (κ3) is 3.79. The molecule has 2 aromatic carbocycles. The lowest BCUT2D eigenvalue weighted by Gasteiger charge is -2.06. The van der Waals surface area contributed by atoms with Gasteiger partial charge in [0.15, 0.2) is 0 Å². The molecule has 0 aromatic heterocycles. The summed E-state index contributed by atoms with van der Waals surface area (Å²) in [4.78, 5) is 0. The van der Waals surface area contributed by atoms with Crippen LogP contribution < -0.4 is 4.74 Å². The molecule has 2 aromatic rings. The van der Waals surface area contributed by atoms with Gasteiger partial charge in [-0.25, -0.2) is 0 Å². The normalized spacial score (nSPS) is 10.3. The van der Waals surface area contributed by atoms with Crippen LogP contribution in [0.5, 0.6) is 5.75 Å². The molecule has 94 valence electrons. The summed E-state index contributed by atoms with van der Waals surface area (Å²) in [5.74, 6) is 2.94. The number of hydrogen-bond acceptors (Lipinski definition) is 2. The van der Waals surface area contributed by atoms with E-state index in [1.807, 2.05) is 17.8 Å². The lowest BCUT2D eigenvalue weighted by molar-refractivity contribution is 0.412. The molecule has 0 unspecified atom stereocenters. The van der Waals surface area contributed by atoms with Gasteiger partial charge in [0.25, 0.3) is 0 Å². The first-order valence-electron chi connectivity index (χ1n) is 5.73. The lowest BCUT2D eigenvalue weighted by Crippen LogP contribution is -1.87. The summed E-state index contributed by atoms with van der Waals surface area (Å²) in [5.41, 5.74) is 2.68. The van der Waals surface area contributed by atoms with Crippen molar-refractivity contribution in [3.8, 4) is 5.75 Å². The summed E-state index contributed by atoms with van der Waals surface area (Å²) < 4.78 is 6.24. The van der Waals surface area contributed by atoms with Crippen LogP contribution in [-0.2, 0) is 11.5 Å². The van der Waals surface area contributed by atoms with Crippen LogP contribution in [-0.4, -0.2) is 7.11 Å². The summed E-state index contributed by atoms with van der Waals surface area (Å²) >= 11 is 5.43. The third-order valence-corrected chi connectivity index (χ3v) is 4.29. The van der Waals surface area contributed by atoms with E-state index in [9.17, 15) is 0 Å². The highest BCUT2D eigenvalue weighted by Gasteiger charge is 2.01. The Morgan fingerprint density at radius 2 is 1.72 bits per heavy atom. The largest absolute Gasteiger partial charge is 0.496 e. The Labute approximate surface area is 121 Å². The van der Waals surface area contributed by atoms with E-state index in [-0.39, 0.29) is 0 Å². The highest BCUT2D eigenvalue weighted by molar-refractivity contribution is 9.10. The van der Waals surface area contributed by atoms with Gasteiger partial charge in [0.2, 0.25) is 0 Å². The van der Waals surface area contributed by atoms with E-state index in [0.717, 1.165) is 21.7 Å². The zero-order chi connectivity index (χ0) is 12.8. The molecule has 0 saturated carbocycles. The Morgan fingerprint density at radius 3 is 2.39 bits per heavy atom. The van der Waals surface area contributed by atoms with Crippen LogP contribution >= 0.6 is 27.7 Å². The van der Waals surface area contributed by atoms with E-state index in [2.05, 4.69) is 58.4 Å². The third-order valence-electron chi connectivity index (χ3n) is 2.60. The first-order valence-corrected chi connectivity index (χ1v) is 7.68. The van der Waals surface area contributed by atoms with Crippen molar-refractivity contribution in [1.82, 2.24) is 0 Å². The number of rotatable bonds is 5. The Balaban J connectivity index is 1.89. The standard InChI is InChI=1S/C15H15BrOS/c1-17-15-8-7-13(9-14(15)16)11-18-10-12-5-3-2-4-6-12/h2-9H,10-11H2,1H3. The van der Waals surface area contributed by atoms with Crippen molar-refractivity contribution in [2.75, 3.05) is 7.11 Å². The zero-order valence-corrected chi connectivity index (χ0v) is 12.6. The highest BCUT2D eigenvalue weighted by atomic mass is 79.9. The molecule has 3 heteroatoms. The van der Waals surface area contributed by atoms with Crippen LogP contribution in [0.4, 0.5) is 0 Å². The van der Waals surface area contributed by atoms with Crippen LogP contribution in [0.15, 0.2) is 53.0 Å². The molecule has 1 nitrogen and oxygen atoms in total. The monoisotopic (exact) mass is 322 g/mol. The summed E-state index contributed by atoms with van der Waals surface area (Å²) in [6.07, 6.45) is 0. The maximum atomic E-state index is 5.22. The zero-order valence-electron chi connectivity index (χ0n) is 10.2. The summed E-state index contributed by atoms with van der Waals surface area (Å²) in [7, 11) is 1.68. The second kappa shape index (κ2) is 6.86. The van der Waals surface area contributed by atoms with Crippen LogP contribution in [0.2, 0.25) is 0 Å². The lowest BCUT2D eigenvalue weighted by atomic mass is 10.2. The van der Waals surface area contributed by atoms with Gasteiger partial charge in [0.05, 0.1) is 11.6 Å². The predicted molar refractivity (Wildman–Crippen MR) is 82.1 cm³/mol. The average Bonchev–Trinajstić information content (AvgIpc) is 2.40. The van der Waals surface area contributed by atoms with Crippen LogP contribution in [0, 0.1) is 0 Å². The fraction of sp³-hybridized carbons (Fsp3) is 0.200. The molecular formula is C15H15BrOS. The second-order valence-electron chi connectivity index (χ2n) is 3.95. The van der Waals surface area contributed by atoms with Crippen molar-refractivity contribution in [3.05, 3.63) is 64.1 Å². The quantitative estimate of drug-likeness (QED) is 0.775. The molecule has 0 heterocycles. The molecule has 0 atom stereocenters. The molecule has 0 aliphatic carbocycles. The van der Waals surface area contributed by atoms with Crippen molar-refractivity contribution < 1.29 is 4.74 Å². The molecule has 0 fully saturated rings. The Morgan fingerprint density at radius 1 is 1.00 bits per heavy atom. The first-order chi connectivity index (χ1) is 8.79.